The maximum atomic E-state index is 12.4. The molecule has 0 radical (unpaired) electrons. The second kappa shape index (κ2) is 7.07. The highest BCUT2D eigenvalue weighted by atomic mass is 16.2. The van der Waals surface area contributed by atoms with Crippen LogP contribution in [0.1, 0.15) is 21.5 Å². The fourth-order valence-corrected chi connectivity index (χ4v) is 2.77. The van der Waals surface area contributed by atoms with Crippen molar-refractivity contribution in [3.8, 4) is 11.8 Å². The minimum atomic E-state index is -0.502. The van der Waals surface area contributed by atoms with Gasteiger partial charge >= 0.3 is 6.03 Å². The van der Waals surface area contributed by atoms with E-state index in [1.807, 2.05) is 6.07 Å². The van der Waals surface area contributed by atoms with Crippen molar-refractivity contribution in [1.29, 1.82) is 0 Å². The Balaban J connectivity index is 1.80. The number of benzene rings is 2. The minimum Gasteiger partial charge on any atom is -0.384 e. The number of urea groups is 1. The van der Waals surface area contributed by atoms with Gasteiger partial charge < -0.3 is 16.2 Å². The van der Waals surface area contributed by atoms with Gasteiger partial charge in [0.05, 0.1) is 5.69 Å². The summed E-state index contributed by atoms with van der Waals surface area (Å²) >= 11 is 0. The zero-order valence-electron chi connectivity index (χ0n) is 13.5. The summed E-state index contributed by atoms with van der Waals surface area (Å²) in [6.07, 6.45) is 0.748. The number of hydrogen-bond acceptors (Lipinski definition) is 3. The fourth-order valence-electron chi connectivity index (χ4n) is 2.77. The number of amides is 3. The van der Waals surface area contributed by atoms with Crippen LogP contribution in [-0.2, 0) is 6.42 Å². The molecule has 0 aromatic heterocycles. The number of nitrogens with one attached hydrogen (secondary N) is 1. The van der Waals surface area contributed by atoms with Crippen molar-refractivity contribution in [3.05, 3.63) is 59.2 Å². The van der Waals surface area contributed by atoms with Crippen LogP contribution >= 0.6 is 0 Å². The molecule has 3 amide bonds. The van der Waals surface area contributed by atoms with E-state index < -0.39 is 6.03 Å². The van der Waals surface area contributed by atoms with Gasteiger partial charge in [0.25, 0.3) is 5.91 Å². The molecule has 2 aromatic carbocycles. The van der Waals surface area contributed by atoms with Crippen molar-refractivity contribution in [2.45, 2.75) is 6.42 Å². The third kappa shape index (κ3) is 3.62. The molecule has 4 N–H and O–H groups in total. The lowest BCUT2D eigenvalue weighted by atomic mass is 10.1. The Morgan fingerprint density at radius 2 is 2.08 bits per heavy atom. The maximum absolute atomic E-state index is 12.4. The molecule has 0 bridgehead atoms. The molecule has 6 heteroatoms. The molecular weight excluding hydrogens is 318 g/mol. The molecule has 0 fully saturated rings. The summed E-state index contributed by atoms with van der Waals surface area (Å²) in [6, 6.07) is 11.8. The number of rotatable bonds is 2. The first-order valence-corrected chi connectivity index (χ1v) is 7.79. The number of primary amides is 1. The lowest BCUT2D eigenvalue weighted by Crippen LogP contribution is -2.34. The molecule has 126 valence electrons. The van der Waals surface area contributed by atoms with Crippen molar-refractivity contribution in [1.82, 2.24) is 0 Å². The topological polar surface area (TPSA) is 95.7 Å². The van der Waals surface area contributed by atoms with E-state index >= 15 is 0 Å². The van der Waals surface area contributed by atoms with Crippen LogP contribution in [0.2, 0.25) is 0 Å². The van der Waals surface area contributed by atoms with Crippen molar-refractivity contribution >= 4 is 23.3 Å². The highest BCUT2D eigenvalue weighted by Gasteiger charge is 2.23. The maximum Gasteiger partial charge on any atom is 0.319 e. The van der Waals surface area contributed by atoms with Gasteiger partial charge in [-0.05, 0) is 42.3 Å². The molecule has 1 aliphatic rings. The van der Waals surface area contributed by atoms with Crippen LogP contribution in [0.15, 0.2) is 42.5 Å². The average molecular weight is 335 g/mol. The Morgan fingerprint density at radius 3 is 2.84 bits per heavy atom. The second-order valence-corrected chi connectivity index (χ2v) is 5.58. The Labute approximate surface area is 145 Å². The van der Waals surface area contributed by atoms with Crippen LogP contribution in [-0.4, -0.2) is 30.2 Å². The number of carbonyl (C=O) groups is 2. The molecule has 0 aliphatic carbocycles. The van der Waals surface area contributed by atoms with E-state index in [9.17, 15) is 9.59 Å². The summed E-state index contributed by atoms with van der Waals surface area (Å²) in [7, 11) is 0. The standard InChI is InChI=1S/C19H17N3O3/c20-19(25)22-9-8-14-6-7-16(12-17(14)22)21-18(24)15-5-1-3-13(11-15)4-2-10-23/h1,3,5-7,11-12,23H,8-10H2,(H2,20,25)(H,21,24). The van der Waals surface area contributed by atoms with E-state index in [0.29, 0.717) is 23.4 Å². The number of aliphatic hydroxyl groups is 1. The largest absolute Gasteiger partial charge is 0.384 e. The minimum absolute atomic E-state index is 0.234. The number of anilines is 2. The van der Waals surface area contributed by atoms with Gasteiger partial charge in [0, 0.05) is 23.4 Å². The number of nitrogens with zero attached hydrogens (tertiary/aromatic N) is 1. The zero-order chi connectivity index (χ0) is 17.8. The van der Waals surface area contributed by atoms with Gasteiger partial charge in [0.1, 0.15) is 6.61 Å². The van der Waals surface area contributed by atoms with E-state index in [1.165, 1.54) is 4.90 Å². The number of nitrogens with two attached hydrogens (primary N) is 1. The number of aliphatic hydroxyl groups excluding tert-OH is 1. The molecule has 0 spiro atoms. The van der Waals surface area contributed by atoms with Crippen molar-refractivity contribution in [3.63, 3.8) is 0 Å². The van der Waals surface area contributed by atoms with Crippen molar-refractivity contribution in [2.75, 3.05) is 23.4 Å². The third-order valence-corrected chi connectivity index (χ3v) is 3.94. The Morgan fingerprint density at radius 1 is 1.24 bits per heavy atom. The smallest absolute Gasteiger partial charge is 0.319 e. The van der Waals surface area contributed by atoms with Crippen LogP contribution in [0.4, 0.5) is 16.2 Å². The molecule has 1 aliphatic heterocycles. The first kappa shape index (κ1) is 16.6. The monoisotopic (exact) mass is 335 g/mol. The van der Waals surface area contributed by atoms with Gasteiger partial charge in [-0.25, -0.2) is 4.79 Å². The van der Waals surface area contributed by atoms with Gasteiger partial charge in [0.15, 0.2) is 0 Å². The Bertz CT molecular complexity index is 896. The molecule has 2 aromatic rings. The molecule has 0 saturated carbocycles. The van der Waals surface area contributed by atoms with E-state index in [4.69, 9.17) is 10.8 Å². The van der Waals surface area contributed by atoms with Gasteiger partial charge in [-0.3, -0.25) is 9.69 Å². The van der Waals surface area contributed by atoms with Crippen LogP contribution in [0.5, 0.6) is 0 Å². The number of fused-ring (bicyclic) bond motifs is 1. The van der Waals surface area contributed by atoms with Crippen molar-refractivity contribution in [2.24, 2.45) is 5.73 Å². The third-order valence-electron chi connectivity index (χ3n) is 3.94. The SMILES string of the molecule is NC(=O)N1CCc2ccc(NC(=O)c3cccc(C#CCO)c3)cc21. The first-order valence-electron chi connectivity index (χ1n) is 7.79. The van der Waals surface area contributed by atoms with E-state index in [0.717, 1.165) is 17.7 Å². The summed E-state index contributed by atoms with van der Waals surface area (Å²) in [5.41, 5.74) is 8.83. The predicted octanol–water partition coefficient (Wildman–Crippen LogP) is 1.72. The summed E-state index contributed by atoms with van der Waals surface area (Å²) < 4.78 is 0. The van der Waals surface area contributed by atoms with Gasteiger partial charge in [0.2, 0.25) is 0 Å². The normalized spacial score (nSPS) is 12.1. The van der Waals surface area contributed by atoms with E-state index in [-0.39, 0.29) is 12.5 Å². The number of carbonyl (C=O) groups excluding carboxylic acids is 2. The molecule has 0 atom stereocenters. The summed E-state index contributed by atoms with van der Waals surface area (Å²) in [6.45, 7) is 0.315. The highest BCUT2D eigenvalue weighted by Crippen LogP contribution is 2.30. The first-order chi connectivity index (χ1) is 12.1. The van der Waals surface area contributed by atoms with Crippen LogP contribution in [0, 0.1) is 11.8 Å². The molecule has 6 nitrogen and oxygen atoms in total. The summed E-state index contributed by atoms with van der Waals surface area (Å²) in [4.78, 5) is 25.4. The highest BCUT2D eigenvalue weighted by molar-refractivity contribution is 6.05. The van der Waals surface area contributed by atoms with Gasteiger partial charge in [-0.2, -0.15) is 0 Å². The Hall–Kier alpha value is -3.30. The van der Waals surface area contributed by atoms with Crippen LogP contribution in [0.25, 0.3) is 0 Å². The second-order valence-electron chi connectivity index (χ2n) is 5.58. The summed E-state index contributed by atoms with van der Waals surface area (Å²) in [5.74, 6) is 5.03. The lowest BCUT2D eigenvalue weighted by molar-refractivity contribution is 0.102. The molecule has 1 heterocycles. The van der Waals surface area contributed by atoms with Gasteiger partial charge in [-0.15, -0.1) is 0 Å². The molecule has 25 heavy (non-hydrogen) atoms. The Kier molecular flexibility index (Phi) is 4.68. The van der Waals surface area contributed by atoms with Gasteiger partial charge in [-0.1, -0.05) is 24.0 Å². The summed E-state index contributed by atoms with van der Waals surface area (Å²) in [5, 5.41) is 11.6. The number of hydrogen-bond donors (Lipinski definition) is 3. The van der Waals surface area contributed by atoms with Crippen molar-refractivity contribution < 1.29 is 14.7 Å². The molecule has 0 unspecified atom stereocenters. The molecule has 3 rings (SSSR count). The molecule has 0 saturated heterocycles. The quantitative estimate of drug-likeness (QED) is 0.729. The predicted molar refractivity (Wildman–Crippen MR) is 95.4 cm³/mol. The van der Waals surface area contributed by atoms with E-state index in [2.05, 4.69) is 17.2 Å². The van der Waals surface area contributed by atoms with E-state index in [1.54, 1.807) is 36.4 Å². The zero-order valence-corrected chi connectivity index (χ0v) is 13.5. The molecular formula is C19H17N3O3. The van der Waals surface area contributed by atoms with Crippen LogP contribution in [0.3, 0.4) is 0 Å². The average Bonchev–Trinajstić information content (AvgIpc) is 3.03. The van der Waals surface area contributed by atoms with Crippen LogP contribution < -0.4 is 16.0 Å². The lowest BCUT2D eigenvalue weighted by Gasteiger charge is -2.15. The fraction of sp³-hybridized carbons (Fsp3) is 0.158.